The van der Waals surface area contributed by atoms with Gasteiger partial charge in [-0.25, -0.2) is 0 Å². The van der Waals surface area contributed by atoms with Gasteiger partial charge in [0.05, 0.1) is 0 Å². The molecule has 0 spiro atoms. The van der Waals surface area contributed by atoms with Crippen LogP contribution in [0.3, 0.4) is 0 Å². The van der Waals surface area contributed by atoms with Crippen LogP contribution in [0.2, 0.25) is 0 Å². The summed E-state index contributed by atoms with van der Waals surface area (Å²) in [5.41, 5.74) is 3.09. The Labute approximate surface area is 134 Å². The molecule has 1 aromatic rings. The average Bonchev–Trinajstić information content (AvgIpc) is 2.41. The molecule has 20 heavy (non-hydrogen) atoms. The highest BCUT2D eigenvalue weighted by atomic mass is 79.9. The van der Waals surface area contributed by atoms with Crippen molar-refractivity contribution in [2.75, 3.05) is 0 Å². The summed E-state index contributed by atoms with van der Waals surface area (Å²) < 4.78 is 0. The molecule has 0 radical (unpaired) electrons. The molecule has 1 heteroatoms. The maximum absolute atomic E-state index is 3.84. The summed E-state index contributed by atoms with van der Waals surface area (Å²) in [6.07, 6.45) is 9.50. The fraction of sp³-hybridized carbons (Fsp3) is 0.684. The lowest BCUT2D eigenvalue weighted by Crippen LogP contribution is -2.10. The first-order valence-electron chi connectivity index (χ1n) is 8.19. The lowest BCUT2D eigenvalue weighted by molar-refractivity contribution is 0.585. The summed E-state index contributed by atoms with van der Waals surface area (Å²) in [5, 5.41) is 0. The second kappa shape index (κ2) is 8.87. The largest absolute Gasteiger partial charge is 0.0839 e. The molecule has 0 aliphatic carbocycles. The molecule has 0 aliphatic rings. The Morgan fingerprint density at radius 1 is 0.900 bits per heavy atom. The minimum absolute atomic E-state index is 0.250. The van der Waals surface area contributed by atoms with Gasteiger partial charge in [-0.05, 0) is 23.0 Å². The number of alkyl halides is 1. The fourth-order valence-electron chi connectivity index (χ4n) is 2.46. The van der Waals surface area contributed by atoms with E-state index in [-0.39, 0.29) is 5.41 Å². The predicted octanol–water partition coefficient (Wildman–Crippen LogP) is 7.17. The van der Waals surface area contributed by atoms with Crippen LogP contribution < -0.4 is 0 Å². The molecule has 0 heterocycles. The van der Waals surface area contributed by atoms with Crippen LogP contribution in [-0.2, 0) is 5.41 Å². The predicted molar refractivity (Wildman–Crippen MR) is 94.8 cm³/mol. The maximum Gasteiger partial charge on any atom is 0.0395 e. The highest BCUT2D eigenvalue weighted by Crippen LogP contribution is 2.31. The van der Waals surface area contributed by atoms with E-state index in [4.69, 9.17) is 0 Å². The van der Waals surface area contributed by atoms with E-state index in [9.17, 15) is 0 Å². The van der Waals surface area contributed by atoms with Gasteiger partial charge in [-0.3, -0.25) is 0 Å². The molecule has 0 saturated carbocycles. The summed E-state index contributed by atoms with van der Waals surface area (Å²) in [4.78, 5) is 0.516. The van der Waals surface area contributed by atoms with E-state index in [1.165, 1.54) is 56.1 Å². The standard InChI is InChI=1S/C19H31Br/c1-5-6-7-8-9-10-11-18(20)16-12-14-17(15-13-16)19(2,3)4/h12-15,18H,5-11H2,1-4H3. The highest BCUT2D eigenvalue weighted by Gasteiger charge is 2.14. The van der Waals surface area contributed by atoms with Crippen LogP contribution in [0.15, 0.2) is 24.3 Å². The Bertz CT molecular complexity index is 358. The third kappa shape index (κ3) is 6.43. The van der Waals surface area contributed by atoms with E-state index >= 15 is 0 Å². The molecular weight excluding hydrogens is 308 g/mol. The minimum atomic E-state index is 0.250. The number of hydrogen-bond donors (Lipinski definition) is 0. The Kier molecular flexibility index (Phi) is 7.87. The minimum Gasteiger partial charge on any atom is -0.0839 e. The van der Waals surface area contributed by atoms with Crippen LogP contribution in [0.5, 0.6) is 0 Å². The van der Waals surface area contributed by atoms with Gasteiger partial charge in [0.15, 0.2) is 0 Å². The number of unbranched alkanes of at least 4 members (excludes halogenated alkanes) is 5. The Hall–Kier alpha value is -0.300. The van der Waals surface area contributed by atoms with E-state index in [0.717, 1.165) is 0 Å². The normalized spacial score (nSPS) is 13.4. The molecular formula is C19H31Br. The topological polar surface area (TPSA) is 0 Å². The summed E-state index contributed by atoms with van der Waals surface area (Å²) in [6.45, 7) is 9.08. The number of benzene rings is 1. The zero-order chi connectivity index (χ0) is 15.0. The molecule has 1 unspecified atom stereocenters. The lowest BCUT2D eigenvalue weighted by atomic mass is 9.86. The van der Waals surface area contributed by atoms with E-state index in [0.29, 0.717) is 4.83 Å². The molecule has 0 nitrogen and oxygen atoms in total. The van der Waals surface area contributed by atoms with Gasteiger partial charge in [0.25, 0.3) is 0 Å². The summed E-state index contributed by atoms with van der Waals surface area (Å²) in [7, 11) is 0. The molecule has 1 aromatic carbocycles. The third-order valence-corrected chi connectivity index (χ3v) is 4.94. The van der Waals surface area contributed by atoms with Crippen molar-refractivity contribution in [1.29, 1.82) is 0 Å². The van der Waals surface area contributed by atoms with Crippen molar-refractivity contribution >= 4 is 15.9 Å². The van der Waals surface area contributed by atoms with Crippen molar-refractivity contribution in [1.82, 2.24) is 0 Å². The van der Waals surface area contributed by atoms with E-state index < -0.39 is 0 Å². The molecule has 0 amide bonds. The van der Waals surface area contributed by atoms with Crippen LogP contribution in [0.4, 0.5) is 0 Å². The third-order valence-electron chi connectivity index (χ3n) is 3.95. The van der Waals surface area contributed by atoms with Crippen molar-refractivity contribution in [2.24, 2.45) is 0 Å². The Morgan fingerprint density at radius 3 is 2.00 bits per heavy atom. The molecule has 1 rings (SSSR count). The number of hydrogen-bond acceptors (Lipinski definition) is 0. The van der Waals surface area contributed by atoms with Crippen molar-refractivity contribution in [3.8, 4) is 0 Å². The Morgan fingerprint density at radius 2 is 1.45 bits per heavy atom. The molecule has 0 N–H and O–H groups in total. The van der Waals surface area contributed by atoms with Gasteiger partial charge in [-0.2, -0.15) is 0 Å². The zero-order valence-corrected chi connectivity index (χ0v) is 15.3. The van der Waals surface area contributed by atoms with Gasteiger partial charge >= 0.3 is 0 Å². The van der Waals surface area contributed by atoms with Crippen LogP contribution in [-0.4, -0.2) is 0 Å². The first kappa shape index (κ1) is 17.8. The second-order valence-electron chi connectivity index (χ2n) is 6.90. The highest BCUT2D eigenvalue weighted by molar-refractivity contribution is 9.09. The smallest absolute Gasteiger partial charge is 0.0395 e. The lowest BCUT2D eigenvalue weighted by Gasteiger charge is -2.20. The SMILES string of the molecule is CCCCCCCCC(Br)c1ccc(C(C)(C)C)cc1. The van der Waals surface area contributed by atoms with Crippen molar-refractivity contribution < 1.29 is 0 Å². The Balaban J connectivity index is 2.34. The molecule has 1 atom stereocenters. The quantitative estimate of drug-likeness (QED) is 0.348. The van der Waals surface area contributed by atoms with Gasteiger partial charge < -0.3 is 0 Å². The number of halogens is 1. The average molecular weight is 339 g/mol. The molecule has 0 saturated heterocycles. The summed E-state index contributed by atoms with van der Waals surface area (Å²) in [5.74, 6) is 0. The second-order valence-corrected chi connectivity index (χ2v) is 8.00. The van der Waals surface area contributed by atoms with Crippen LogP contribution in [0.1, 0.15) is 88.6 Å². The van der Waals surface area contributed by atoms with Crippen molar-refractivity contribution in [2.45, 2.75) is 82.9 Å². The number of rotatable bonds is 8. The van der Waals surface area contributed by atoms with Gasteiger partial charge in [0.2, 0.25) is 0 Å². The summed E-state index contributed by atoms with van der Waals surface area (Å²) in [6, 6.07) is 9.14. The molecule has 0 fully saturated rings. The van der Waals surface area contributed by atoms with Gasteiger partial charge in [0.1, 0.15) is 0 Å². The van der Waals surface area contributed by atoms with Crippen molar-refractivity contribution in [3.63, 3.8) is 0 Å². The molecule has 0 aromatic heterocycles. The van der Waals surface area contributed by atoms with Crippen LogP contribution in [0.25, 0.3) is 0 Å². The molecule has 114 valence electrons. The summed E-state index contributed by atoms with van der Waals surface area (Å²) >= 11 is 3.84. The first-order valence-corrected chi connectivity index (χ1v) is 9.11. The maximum atomic E-state index is 3.84. The first-order chi connectivity index (χ1) is 9.45. The van der Waals surface area contributed by atoms with Crippen molar-refractivity contribution in [3.05, 3.63) is 35.4 Å². The fourth-order valence-corrected chi connectivity index (χ4v) is 3.09. The van der Waals surface area contributed by atoms with E-state index in [1.54, 1.807) is 0 Å². The van der Waals surface area contributed by atoms with Crippen LogP contribution in [0, 0.1) is 0 Å². The van der Waals surface area contributed by atoms with E-state index in [2.05, 4.69) is 67.9 Å². The molecule has 0 bridgehead atoms. The molecule has 0 aliphatic heterocycles. The van der Waals surface area contributed by atoms with Crippen LogP contribution >= 0.6 is 15.9 Å². The zero-order valence-electron chi connectivity index (χ0n) is 13.7. The van der Waals surface area contributed by atoms with Gasteiger partial charge in [-0.15, -0.1) is 0 Å². The van der Waals surface area contributed by atoms with Gasteiger partial charge in [-0.1, -0.05) is 106 Å². The van der Waals surface area contributed by atoms with E-state index in [1.807, 2.05) is 0 Å². The van der Waals surface area contributed by atoms with Gasteiger partial charge in [0, 0.05) is 4.83 Å². The monoisotopic (exact) mass is 338 g/mol.